The van der Waals surface area contributed by atoms with Gasteiger partial charge in [0.1, 0.15) is 11.6 Å². The first-order chi connectivity index (χ1) is 20.0. The van der Waals surface area contributed by atoms with E-state index in [1.54, 1.807) is 34.3 Å². The van der Waals surface area contributed by atoms with E-state index in [9.17, 15) is 14.0 Å². The number of amides is 2. The highest BCUT2D eigenvalue weighted by Crippen LogP contribution is 2.15. The van der Waals surface area contributed by atoms with Gasteiger partial charge in [-0.1, -0.05) is 70.4 Å². The lowest BCUT2D eigenvalue weighted by molar-refractivity contribution is -0.141. The molecule has 0 unspecified atom stereocenters. The maximum Gasteiger partial charge on any atom is 0.242 e. The Morgan fingerprint density at radius 1 is 0.829 bits per heavy atom. The SMILES string of the molecule is CCCCCCCCCCCC(=O)N(CCCN1CCOCC1)CC(=O)N(Cc1ccc(F)cc1)Cc1ccco1. The highest BCUT2D eigenvalue weighted by Gasteiger charge is 2.23. The summed E-state index contributed by atoms with van der Waals surface area (Å²) < 4.78 is 24.5. The van der Waals surface area contributed by atoms with Crippen molar-refractivity contribution in [3.63, 3.8) is 0 Å². The molecule has 1 aliphatic heterocycles. The molecule has 228 valence electrons. The molecule has 8 heteroatoms. The Morgan fingerprint density at radius 2 is 1.51 bits per heavy atom. The summed E-state index contributed by atoms with van der Waals surface area (Å²) in [4.78, 5) is 32.8. The molecule has 2 heterocycles. The van der Waals surface area contributed by atoms with Gasteiger partial charge in [-0.2, -0.15) is 0 Å². The van der Waals surface area contributed by atoms with Crippen LogP contribution in [0.5, 0.6) is 0 Å². The van der Waals surface area contributed by atoms with Gasteiger partial charge in [0, 0.05) is 39.1 Å². The standard InChI is InChI=1S/C33H50FN3O4/c1-2-3-4-5-6-7-8-9-10-14-32(38)36(20-12-19-35-21-24-40-25-22-35)28-33(39)37(27-31-13-11-23-41-31)26-29-15-17-30(34)18-16-29/h11,13,15-18,23H,2-10,12,14,19-22,24-28H2,1H3. The molecule has 0 spiro atoms. The number of furan rings is 1. The molecule has 0 N–H and O–H groups in total. The third-order valence-electron chi connectivity index (χ3n) is 7.75. The molecule has 0 aliphatic carbocycles. The van der Waals surface area contributed by atoms with E-state index in [0.717, 1.165) is 64.1 Å². The molecule has 1 fully saturated rings. The molecule has 1 aromatic heterocycles. The molecule has 1 saturated heterocycles. The monoisotopic (exact) mass is 571 g/mol. The third kappa shape index (κ3) is 13.2. The van der Waals surface area contributed by atoms with Crippen LogP contribution in [0.3, 0.4) is 0 Å². The summed E-state index contributed by atoms with van der Waals surface area (Å²) in [6.07, 6.45) is 13.6. The van der Waals surface area contributed by atoms with E-state index >= 15 is 0 Å². The van der Waals surface area contributed by atoms with E-state index in [1.165, 1.54) is 50.7 Å². The van der Waals surface area contributed by atoms with Crippen molar-refractivity contribution < 1.29 is 23.1 Å². The van der Waals surface area contributed by atoms with Gasteiger partial charge in [0.15, 0.2) is 0 Å². The van der Waals surface area contributed by atoms with Crippen LogP contribution < -0.4 is 0 Å². The predicted molar refractivity (Wildman–Crippen MR) is 160 cm³/mol. The van der Waals surface area contributed by atoms with E-state index in [4.69, 9.17) is 9.15 Å². The summed E-state index contributed by atoms with van der Waals surface area (Å²) in [5, 5.41) is 0. The Morgan fingerprint density at radius 3 is 2.17 bits per heavy atom. The number of rotatable bonds is 20. The van der Waals surface area contributed by atoms with Crippen molar-refractivity contribution in [2.45, 2.75) is 90.6 Å². The van der Waals surface area contributed by atoms with E-state index < -0.39 is 0 Å². The minimum Gasteiger partial charge on any atom is -0.467 e. The first-order valence-electron chi connectivity index (χ1n) is 15.7. The fourth-order valence-corrected chi connectivity index (χ4v) is 5.24. The molecule has 0 radical (unpaired) electrons. The number of carbonyl (C=O) groups is 2. The molecule has 2 amide bonds. The topological polar surface area (TPSA) is 66.2 Å². The van der Waals surface area contributed by atoms with Crippen LogP contribution in [-0.4, -0.2) is 72.5 Å². The number of ether oxygens (including phenoxy) is 1. The Balaban J connectivity index is 1.56. The summed E-state index contributed by atoms with van der Waals surface area (Å²) in [6.45, 7) is 7.58. The van der Waals surface area contributed by atoms with Crippen molar-refractivity contribution in [3.8, 4) is 0 Å². The fraction of sp³-hybridized carbons (Fsp3) is 0.636. The van der Waals surface area contributed by atoms with E-state index in [1.807, 2.05) is 6.07 Å². The number of benzene rings is 1. The molecule has 3 rings (SSSR count). The molecule has 0 saturated carbocycles. The van der Waals surface area contributed by atoms with E-state index in [0.29, 0.717) is 25.3 Å². The zero-order valence-electron chi connectivity index (χ0n) is 25.0. The largest absolute Gasteiger partial charge is 0.467 e. The summed E-state index contributed by atoms with van der Waals surface area (Å²) >= 11 is 0. The molecular weight excluding hydrogens is 521 g/mol. The first-order valence-corrected chi connectivity index (χ1v) is 15.7. The average molecular weight is 572 g/mol. The van der Waals surface area contributed by atoms with Gasteiger partial charge in [-0.25, -0.2) is 4.39 Å². The summed E-state index contributed by atoms with van der Waals surface area (Å²) in [5.41, 5.74) is 0.825. The van der Waals surface area contributed by atoms with E-state index in [2.05, 4.69) is 11.8 Å². The fourth-order valence-electron chi connectivity index (χ4n) is 5.24. The van der Waals surface area contributed by atoms with Gasteiger partial charge in [0.2, 0.25) is 11.8 Å². The van der Waals surface area contributed by atoms with Gasteiger partial charge < -0.3 is 19.0 Å². The van der Waals surface area contributed by atoms with Gasteiger partial charge >= 0.3 is 0 Å². The van der Waals surface area contributed by atoms with Crippen molar-refractivity contribution in [1.82, 2.24) is 14.7 Å². The Bertz CT molecular complexity index is 977. The zero-order chi connectivity index (χ0) is 29.1. The Kier molecular flexibility index (Phi) is 15.5. The smallest absolute Gasteiger partial charge is 0.242 e. The third-order valence-corrected chi connectivity index (χ3v) is 7.75. The van der Waals surface area contributed by atoms with Gasteiger partial charge in [0.05, 0.1) is 32.6 Å². The number of hydrogen-bond acceptors (Lipinski definition) is 5. The Labute approximate surface area is 246 Å². The second-order valence-electron chi connectivity index (χ2n) is 11.2. The summed E-state index contributed by atoms with van der Waals surface area (Å²) in [5.74, 6) is 0.257. The lowest BCUT2D eigenvalue weighted by Gasteiger charge is -2.30. The van der Waals surface area contributed by atoms with Crippen LogP contribution in [0.4, 0.5) is 4.39 Å². The number of morpholine rings is 1. The van der Waals surface area contributed by atoms with Gasteiger partial charge in [0.25, 0.3) is 0 Å². The van der Waals surface area contributed by atoms with Gasteiger partial charge in [-0.05, 0) is 42.7 Å². The first kappa shape index (κ1) is 32.8. The van der Waals surface area contributed by atoms with Crippen molar-refractivity contribution >= 4 is 11.8 Å². The number of unbranched alkanes of at least 4 members (excludes halogenated alkanes) is 8. The highest BCUT2D eigenvalue weighted by molar-refractivity contribution is 5.84. The molecule has 1 aliphatic rings. The normalized spacial score (nSPS) is 13.8. The maximum absolute atomic E-state index is 13.6. The summed E-state index contributed by atoms with van der Waals surface area (Å²) in [6, 6.07) is 9.80. The van der Waals surface area contributed by atoms with Crippen molar-refractivity contribution in [3.05, 3.63) is 59.8 Å². The van der Waals surface area contributed by atoms with Crippen LogP contribution >= 0.6 is 0 Å². The molecule has 41 heavy (non-hydrogen) atoms. The van der Waals surface area contributed by atoms with Crippen molar-refractivity contribution in [1.29, 1.82) is 0 Å². The number of hydrogen-bond donors (Lipinski definition) is 0. The quantitative estimate of drug-likeness (QED) is 0.172. The molecule has 0 atom stereocenters. The van der Waals surface area contributed by atoms with Crippen LogP contribution in [0.25, 0.3) is 0 Å². The second kappa shape index (κ2) is 19.4. The lowest BCUT2D eigenvalue weighted by Crippen LogP contribution is -2.44. The van der Waals surface area contributed by atoms with Gasteiger partial charge in [-0.3, -0.25) is 14.5 Å². The van der Waals surface area contributed by atoms with Crippen LogP contribution in [0.2, 0.25) is 0 Å². The lowest BCUT2D eigenvalue weighted by atomic mass is 10.1. The Hall–Kier alpha value is -2.71. The van der Waals surface area contributed by atoms with Crippen LogP contribution in [0, 0.1) is 5.82 Å². The average Bonchev–Trinajstić information content (AvgIpc) is 3.50. The van der Waals surface area contributed by atoms with Crippen LogP contribution in [-0.2, 0) is 27.4 Å². The molecule has 7 nitrogen and oxygen atoms in total. The maximum atomic E-state index is 13.6. The molecule has 1 aromatic carbocycles. The summed E-state index contributed by atoms with van der Waals surface area (Å²) in [7, 11) is 0. The number of nitrogens with zero attached hydrogens (tertiary/aromatic N) is 3. The van der Waals surface area contributed by atoms with Gasteiger partial charge in [-0.15, -0.1) is 0 Å². The van der Waals surface area contributed by atoms with Crippen molar-refractivity contribution in [2.24, 2.45) is 0 Å². The zero-order valence-corrected chi connectivity index (χ0v) is 25.0. The minimum absolute atomic E-state index is 0.0290. The van der Waals surface area contributed by atoms with Crippen LogP contribution in [0.1, 0.15) is 88.9 Å². The molecular formula is C33H50FN3O4. The van der Waals surface area contributed by atoms with Crippen molar-refractivity contribution in [2.75, 3.05) is 45.9 Å². The van der Waals surface area contributed by atoms with E-state index in [-0.39, 0.29) is 30.7 Å². The predicted octanol–water partition coefficient (Wildman–Crippen LogP) is 6.42. The van der Waals surface area contributed by atoms with Crippen LogP contribution in [0.15, 0.2) is 47.1 Å². The minimum atomic E-state index is -0.314. The number of halogens is 1. The molecule has 2 aromatic rings. The number of carbonyl (C=O) groups excluding carboxylic acids is 2. The highest BCUT2D eigenvalue weighted by atomic mass is 19.1. The second-order valence-corrected chi connectivity index (χ2v) is 11.2. The molecule has 0 bridgehead atoms.